The summed E-state index contributed by atoms with van der Waals surface area (Å²) in [6.45, 7) is 2.18. The van der Waals surface area contributed by atoms with Gasteiger partial charge >= 0.3 is 0 Å². The van der Waals surface area contributed by atoms with Gasteiger partial charge < -0.3 is 14.4 Å². The number of carbonyl (C=O) groups excluding carboxylic acids is 2. The second-order valence-electron chi connectivity index (χ2n) is 9.67. The number of amides is 2. The summed E-state index contributed by atoms with van der Waals surface area (Å²) in [5.41, 5.74) is 1.83. The first-order chi connectivity index (χ1) is 15.1. The molecule has 1 aliphatic carbocycles. The maximum atomic E-state index is 13.2. The molecule has 7 nitrogen and oxygen atoms in total. The van der Waals surface area contributed by atoms with E-state index in [1.54, 1.807) is 6.20 Å². The summed E-state index contributed by atoms with van der Waals surface area (Å²) in [5, 5.41) is 0. The summed E-state index contributed by atoms with van der Waals surface area (Å²) in [5.74, 6) is 1.65. The van der Waals surface area contributed by atoms with Crippen molar-refractivity contribution in [1.82, 2.24) is 24.3 Å². The number of fused-ring (bicyclic) bond motifs is 1. The number of carbonyl (C=O) groups is 2. The first kappa shape index (κ1) is 20.5. The Balaban J connectivity index is 1.19. The van der Waals surface area contributed by atoms with Crippen molar-refractivity contribution in [3.63, 3.8) is 0 Å². The molecule has 2 aromatic heterocycles. The maximum absolute atomic E-state index is 13.2. The molecule has 2 aromatic rings. The minimum absolute atomic E-state index is 0.158. The van der Waals surface area contributed by atoms with E-state index in [0.717, 1.165) is 55.8 Å². The van der Waals surface area contributed by atoms with Gasteiger partial charge in [0.1, 0.15) is 11.3 Å². The molecule has 3 fully saturated rings. The van der Waals surface area contributed by atoms with E-state index >= 15 is 0 Å². The maximum Gasteiger partial charge on any atom is 0.228 e. The number of likely N-dealkylation sites (tertiary alicyclic amines) is 2. The van der Waals surface area contributed by atoms with Crippen molar-refractivity contribution in [2.45, 2.75) is 63.8 Å². The third-order valence-corrected chi connectivity index (χ3v) is 7.56. The number of aromatic nitrogens is 3. The van der Waals surface area contributed by atoms with Crippen LogP contribution >= 0.6 is 0 Å². The second-order valence-corrected chi connectivity index (χ2v) is 9.67. The zero-order chi connectivity index (χ0) is 21.4. The fourth-order valence-electron chi connectivity index (χ4n) is 5.79. The molecule has 0 bridgehead atoms. The third-order valence-electron chi connectivity index (χ3n) is 7.56. The molecule has 2 amide bonds. The molecule has 2 aliphatic heterocycles. The molecule has 0 spiro atoms. The Hall–Kier alpha value is -2.44. The van der Waals surface area contributed by atoms with E-state index in [-0.39, 0.29) is 17.7 Å². The highest BCUT2D eigenvalue weighted by Gasteiger charge is 2.41. The van der Waals surface area contributed by atoms with Crippen LogP contribution in [-0.4, -0.2) is 61.8 Å². The quantitative estimate of drug-likeness (QED) is 0.709. The fraction of sp³-hybridized carbons (Fsp3) is 0.667. The Bertz CT molecular complexity index is 962. The van der Waals surface area contributed by atoms with Gasteiger partial charge in [0, 0.05) is 51.8 Å². The van der Waals surface area contributed by atoms with Crippen molar-refractivity contribution >= 4 is 23.0 Å². The molecule has 166 valence electrons. The molecular formula is C24H33N5O2. The van der Waals surface area contributed by atoms with Crippen molar-refractivity contribution in [2.24, 2.45) is 18.9 Å². The molecule has 0 N–H and O–H groups in total. The molecular weight excluding hydrogens is 390 g/mol. The summed E-state index contributed by atoms with van der Waals surface area (Å²) >= 11 is 0. The summed E-state index contributed by atoms with van der Waals surface area (Å²) in [6.07, 6.45) is 11.2. The van der Waals surface area contributed by atoms with Crippen LogP contribution in [0.3, 0.4) is 0 Å². The lowest BCUT2D eigenvalue weighted by Crippen LogP contribution is -2.39. The number of rotatable bonds is 4. The summed E-state index contributed by atoms with van der Waals surface area (Å²) in [6, 6.07) is 4.26. The Labute approximate surface area is 183 Å². The third kappa shape index (κ3) is 4.06. The monoisotopic (exact) mass is 423 g/mol. The van der Waals surface area contributed by atoms with Gasteiger partial charge in [-0.1, -0.05) is 25.7 Å². The van der Waals surface area contributed by atoms with Gasteiger partial charge in [0.2, 0.25) is 11.8 Å². The Morgan fingerprint density at radius 1 is 1.13 bits per heavy atom. The lowest BCUT2D eigenvalue weighted by molar-refractivity contribution is -0.135. The van der Waals surface area contributed by atoms with E-state index in [1.165, 1.54) is 25.7 Å². The van der Waals surface area contributed by atoms with E-state index in [9.17, 15) is 9.59 Å². The Morgan fingerprint density at radius 3 is 2.71 bits per heavy atom. The van der Waals surface area contributed by atoms with Crippen molar-refractivity contribution in [3.05, 3.63) is 24.2 Å². The van der Waals surface area contributed by atoms with Gasteiger partial charge in [-0.25, -0.2) is 9.97 Å². The molecule has 0 aromatic carbocycles. The van der Waals surface area contributed by atoms with Crippen LogP contribution in [0.25, 0.3) is 11.2 Å². The standard InChI is InChI=1S/C24H33N5O2/c1-27-21(26-20-9-6-11-25-23(20)27)13-17-10-12-28(15-17)24(31)18-14-22(30)29(16-18)19-7-4-2-3-5-8-19/h6,9,11,17-19H,2-5,7-8,10,12-16H2,1H3/t17-,18-/m1/s1. The highest BCUT2D eigenvalue weighted by atomic mass is 16.2. The Morgan fingerprint density at radius 2 is 1.94 bits per heavy atom. The van der Waals surface area contributed by atoms with Crippen LogP contribution in [0.15, 0.2) is 18.3 Å². The predicted octanol–water partition coefficient (Wildman–Crippen LogP) is 2.93. The van der Waals surface area contributed by atoms with E-state index in [0.29, 0.717) is 24.9 Å². The number of aryl methyl sites for hydroxylation is 1. The minimum Gasteiger partial charge on any atom is -0.342 e. The Kier molecular flexibility index (Phi) is 5.67. The molecule has 0 radical (unpaired) electrons. The normalized spacial score (nSPS) is 25.5. The molecule has 0 unspecified atom stereocenters. The van der Waals surface area contributed by atoms with Crippen LogP contribution < -0.4 is 0 Å². The molecule has 3 aliphatic rings. The molecule has 4 heterocycles. The van der Waals surface area contributed by atoms with Crippen LogP contribution in [0.4, 0.5) is 0 Å². The van der Waals surface area contributed by atoms with Crippen LogP contribution in [0, 0.1) is 11.8 Å². The van der Waals surface area contributed by atoms with E-state index in [4.69, 9.17) is 4.98 Å². The summed E-state index contributed by atoms with van der Waals surface area (Å²) < 4.78 is 2.07. The fourth-order valence-corrected chi connectivity index (χ4v) is 5.79. The topological polar surface area (TPSA) is 71.3 Å². The molecule has 5 rings (SSSR count). The van der Waals surface area contributed by atoms with Crippen molar-refractivity contribution < 1.29 is 9.59 Å². The highest BCUT2D eigenvalue weighted by Crippen LogP contribution is 2.30. The lowest BCUT2D eigenvalue weighted by Gasteiger charge is -2.27. The minimum atomic E-state index is -0.158. The van der Waals surface area contributed by atoms with Crippen LogP contribution in [-0.2, 0) is 23.1 Å². The van der Waals surface area contributed by atoms with Gasteiger partial charge in [-0.3, -0.25) is 9.59 Å². The highest BCUT2D eigenvalue weighted by molar-refractivity contribution is 5.89. The first-order valence-corrected chi connectivity index (χ1v) is 11.9. The van der Waals surface area contributed by atoms with Gasteiger partial charge in [-0.2, -0.15) is 0 Å². The molecule has 2 atom stereocenters. The summed E-state index contributed by atoms with van der Waals surface area (Å²) in [4.78, 5) is 39.1. The molecule has 7 heteroatoms. The molecule has 1 saturated carbocycles. The zero-order valence-corrected chi connectivity index (χ0v) is 18.5. The number of hydrogen-bond acceptors (Lipinski definition) is 4. The van der Waals surface area contributed by atoms with Crippen LogP contribution in [0.1, 0.15) is 57.2 Å². The van der Waals surface area contributed by atoms with Crippen molar-refractivity contribution in [3.8, 4) is 0 Å². The van der Waals surface area contributed by atoms with Crippen LogP contribution in [0.2, 0.25) is 0 Å². The zero-order valence-electron chi connectivity index (χ0n) is 18.5. The number of pyridine rings is 1. The largest absolute Gasteiger partial charge is 0.342 e. The molecule has 2 saturated heterocycles. The summed E-state index contributed by atoms with van der Waals surface area (Å²) in [7, 11) is 2.02. The predicted molar refractivity (Wildman–Crippen MR) is 118 cm³/mol. The second kappa shape index (κ2) is 8.60. The van der Waals surface area contributed by atoms with Gasteiger partial charge in [0.05, 0.1) is 5.92 Å². The average Bonchev–Trinajstić information content (AvgIpc) is 3.41. The van der Waals surface area contributed by atoms with Crippen LogP contribution in [0.5, 0.6) is 0 Å². The first-order valence-electron chi connectivity index (χ1n) is 11.9. The van der Waals surface area contributed by atoms with Crippen molar-refractivity contribution in [2.75, 3.05) is 19.6 Å². The average molecular weight is 424 g/mol. The number of imidazole rings is 1. The van der Waals surface area contributed by atoms with E-state index in [1.807, 2.05) is 29.0 Å². The van der Waals surface area contributed by atoms with Crippen molar-refractivity contribution in [1.29, 1.82) is 0 Å². The SMILES string of the molecule is Cn1c(C[C@H]2CCN(C(=O)[C@@H]3CC(=O)N(C4CCCCCC4)C3)C2)nc2cccnc21. The number of nitrogens with zero attached hydrogens (tertiary/aromatic N) is 5. The number of hydrogen-bond donors (Lipinski definition) is 0. The molecule has 31 heavy (non-hydrogen) atoms. The van der Waals surface area contributed by atoms with Gasteiger partial charge in [-0.05, 0) is 37.3 Å². The smallest absolute Gasteiger partial charge is 0.228 e. The van der Waals surface area contributed by atoms with Gasteiger partial charge in [0.25, 0.3) is 0 Å². The van der Waals surface area contributed by atoms with E-state index < -0.39 is 0 Å². The van der Waals surface area contributed by atoms with E-state index in [2.05, 4.69) is 9.55 Å². The van der Waals surface area contributed by atoms with Gasteiger partial charge in [-0.15, -0.1) is 0 Å². The lowest BCUT2D eigenvalue weighted by atomic mass is 10.0. The van der Waals surface area contributed by atoms with Gasteiger partial charge in [0.15, 0.2) is 5.65 Å².